The van der Waals surface area contributed by atoms with Crippen molar-refractivity contribution < 1.29 is 9.53 Å². The molecule has 1 saturated heterocycles. The highest BCUT2D eigenvalue weighted by molar-refractivity contribution is 9.10. The van der Waals surface area contributed by atoms with E-state index in [-0.39, 0.29) is 18.1 Å². The van der Waals surface area contributed by atoms with Crippen LogP contribution in [0.3, 0.4) is 0 Å². The predicted octanol–water partition coefficient (Wildman–Crippen LogP) is 3.89. The van der Waals surface area contributed by atoms with Crippen LogP contribution in [0.1, 0.15) is 36.0 Å². The van der Waals surface area contributed by atoms with Crippen molar-refractivity contribution in [1.29, 1.82) is 0 Å². The summed E-state index contributed by atoms with van der Waals surface area (Å²) < 4.78 is 6.58. The first-order valence-corrected chi connectivity index (χ1v) is 8.21. The summed E-state index contributed by atoms with van der Waals surface area (Å²) in [6.45, 7) is 1.31. The first kappa shape index (κ1) is 14.4. The largest absolute Gasteiger partial charge is 0.374 e. The third-order valence-corrected chi connectivity index (χ3v) is 5.05. The first-order valence-electron chi connectivity index (χ1n) is 7.04. The quantitative estimate of drug-likeness (QED) is 0.762. The van der Waals surface area contributed by atoms with Crippen LogP contribution >= 0.6 is 27.5 Å². The van der Waals surface area contributed by atoms with Crippen molar-refractivity contribution in [2.24, 2.45) is 0 Å². The third-order valence-electron chi connectivity index (χ3n) is 4.15. The molecule has 3 nitrogen and oxygen atoms in total. The number of ether oxygens (including phenoxy) is 1. The minimum atomic E-state index is 0.0775. The molecule has 20 heavy (non-hydrogen) atoms. The van der Waals surface area contributed by atoms with Crippen molar-refractivity contribution in [3.05, 3.63) is 33.3 Å². The van der Waals surface area contributed by atoms with Gasteiger partial charge in [0.1, 0.15) is 0 Å². The number of carbonyl (C=O) groups excluding carboxylic acids is 1. The molecule has 2 atom stereocenters. The molecule has 0 N–H and O–H groups in total. The molecule has 1 amide bonds. The van der Waals surface area contributed by atoms with Gasteiger partial charge < -0.3 is 9.64 Å². The van der Waals surface area contributed by atoms with Crippen LogP contribution in [-0.2, 0) is 4.74 Å². The lowest BCUT2D eigenvalue weighted by Gasteiger charge is -2.43. The second kappa shape index (κ2) is 6.04. The van der Waals surface area contributed by atoms with Gasteiger partial charge in [-0.3, -0.25) is 4.79 Å². The average Bonchev–Trinajstić information content (AvgIpc) is 2.46. The number of rotatable bonds is 1. The number of halogens is 2. The molecule has 2 fully saturated rings. The Bertz CT molecular complexity index is 521. The summed E-state index contributed by atoms with van der Waals surface area (Å²) >= 11 is 9.38. The van der Waals surface area contributed by atoms with Crippen LogP contribution in [0.15, 0.2) is 22.7 Å². The summed E-state index contributed by atoms with van der Waals surface area (Å²) in [5.41, 5.74) is 0.681. The number of morpholine rings is 1. The fourth-order valence-electron chi connectivity index (χ4n) is 3.17. The standard InChI is InChI=1S/C15H17BrClNO2/c16-12-9-10(17)5-6-11(12)15(19)18-7-8-20-14-4-2-1-3-13(14)18/h5-6,9,13-14H,1-4,7-8H2. The SMILES string of the molecule is O=C(c1ccc(Cl)cc1Br)N1CCOC2CCCCC21. The lowest BCUT2D eigenvalue weighted by Crippen LogP contribution is -2.54. The van der Waals surface area contributed by atoms with Gasteiger partial charge in [-0.05, 0) is 47.0 Å². The van der Waals surface area contributed by atoms with Gasteiger partial charge >= 0.3 is 0 Å². The van der Waals surface area contributed by atoms with Crippen molar-refractivity contribution in [2.75, 3.05) is 13.2 Å². The maximum Gasteiger partial charge on any atom is 0.255 e. The molecule has 1 aliphatic heterocycles. The molecule has 0 spiro atoms. The fourth-order valence-corrected chi connectivity index (χ4v) is 4.02. The van der Waals surface area contributed by atoms with E-state index in [9.17, 15) is 4.79 Å². The minimum Gasteiger partial charge on any atom is -0.374 e. The summed E-state index contributed by atoms with van der Waals surface area (Å²) in [6.07, 6.45) is 4.70. The van der Waals surface area contributed by atoms with Crippen molar-refractivity contribution in [3.63, 3.8) is 0 Å². The Kier molecular flexibility index (Phi) is 4.34. The molecule has 108 valence electrons. The first-order chi connectivity index (χ1) is 9.66. The number of fused-ring (bicyclic) bond motifs is 1. The topological polar surface area (TPSA) is 29.5 Å². The van der Waals surface area contributed by atoms with E-state index in [0.29, 0.717) is 23.7 Å². The van der Waals surface area contributed by atoms with Gasteiger partial charge in [0.05, 0.1) is 24.3 Å². The van der Waals surface area contributed by atoms with Gasteiger partial charge in [-0.15, -0.1) is 0 Å². The van der Waals surface area contributed by atoms with Crippen molar-refractivity contribution >= 4 is 33.4 Å². The Hall–Kier alpha value is -0.580. The van der Waals surface area contributed by atoms with Gasteiger partial charge in [0.2, 0.25) is 0 Å². The van der Waals surface area contributed by atoms with Crippen LogP contribution in [0.2, 0.25) is 5.02 Å². The van der Waals surface area contributed by atoms with Gasteiger partial charge in [0, 0.05) is 16.0 Å². The molecular formula is C15H17BrClNO2. The number of nitrogens with zero attached hydrogens (tertiary/aromatic N) is 1. The summed E-state index contributed by atoms with van der Waals surface area (Å²) in [5.74, 6) is 0.0775. The minimum absolute atomic E-state index is 0.0775. The lowest BCUT2D eigenvalue weighted by molar-refractivity contribution is -0.0753. The summed E-state index contributed by atoms with van der Waals surface area (Å²) in [4.78, 5) is 14.8. The predicted molar refractivity (Wildman–Crippen MR) is 82.2 cm³/mol. The molecule has 1 aliphatic carbocycles. The second-order valence-electron chi connectivity index (χ2n) is 5.38. The summed E-state index contributed by atoms with van der Waals surface area (Å²) in [5, 5.41) is 0.631. The third kappa shape index (κ3) is 2.74. The zero-order chi connectivity index (χ0) is 14.1. The molecular weight excluding hydrogens is 342 g/mol. The Labute approximate surface area is 132 Å². The van der Waals surface area contributed by atoms with E-state index >= 15 is 0 Å². The van der Waals surface area contributed by atoms with Crippen LogP contribution in [-0.4, -0.2) is 36.1 Å². The number of hydrogen-bond donors (Lipinski definition) is 0. The van der Waals surface area contributed by atoms with E-state index in [0.717, 1.165) is 17.3 Å². The molecule has 1 aromatic rings. The summed E-state index contributed by atoms with van der Waals surface area (Å²) in [6, 6.07) is 5.56. The van der Waals surface area contributed by atoms with E-state index in [1.807, 2.05) is 4.90 Å². The molecule has 0 radical (unpaired) electrons. The van der Waals surface area contributed by atoms with Crippen LogP contribution < -0.4 is 0 Å². The van der Waals surface area contributed by atoms with E-state index in [1.54, 1.807) is 18.2 Å². The van der Waals surface area contributed by atoms with Crippen LogP contribution in [0.5, 0.6) is 0 Å². The fraction of sp³-hybridized carbons (Fsp3) is 0.533. The Balaban J connectivity index is 1.85. The van der Waals surface area contributed by atoms with E-state index in [4.69, 9.17) is 16.3 Å². The van der Waals surface area contributed by atoms with Crippen LogP contribution in [0.4, 0.5) is 0 Å². The molecule has 0 bridgehead atoms. The van der Waals surface area contributed by atoms with Crippen LogP contribution in [0, 0.1) is 0 Å². The highest BCUT2D eigenvalue weighted by Crippen LogP contribution is 2.31. The molecule has 3 rings (SSSR count). The van der Waals surface area contributed by atoms with Gasteiger partial charge in [0.15, 0.2) is 0 Å². The Morgan fingerprint density at radius 3 is 2.95 bits per heavy atom. The zero-order valence-electron chi connectivity index (χ0n) is 11.1. The van der Waals surface area contributed by atoms with Gasteiger partial charge in [-0.1, -0.05) is 24.4 Å². The molecule has 1 heterocycles. The van der Waals surface area contributed by atoms with E-state index in [2.05, 4.69) is 15.9 Å². The van der Waals surface area contributed by atoms with E-state index < -0.39 is 0 Å². The maximum absolute atomic E-state index is 12.8. The Morgan fingerprint density at radius 2 is 2.15 bits per heavy atom. The molecule has 1 saturated carbocycles. The van der Waals surface area contributed by atoms with E-state index in [1.165, 1.54) is 12.8 Å². The highest BCUT2D eigenvalue weighted by atomic mass is 79.9. The number of amides is 1. The highest BCUT2D eigenvalue weighted by Gasteiger charge is 2.37. The Morgan fingerprint density at radius 1 is 1.35 bits per heavy atom. The van der Waals surface area contributed by atoms with Crippen molar-refractivity contribution in [1.82, 2.24) is 4.90 Å². The second-order valence-corrected chi connectivity index (χ2v) is 6.67. The lowest BCUT2D eigenvalue weighted by atomic mass is 9.89. The molecule has 2 unspecified atom stereocenters. The van der Waals surface area contributed by atoms with Gasteiger partial charge in [-0.25, -0.2) is 0 Å². The molecule has 2 aliphatic rings. The molecule has 1 aromatic carbocycles. The number of hydrogen-bond acceptors (Lipinski definition) is 2. The van der Waals surface area contributed by atoms with Crippen molar-refractivity contribution in [3.8, 4) is 0 Å². The average molecular weight is 359 g/mol. The normalized spacial score (nSPS) is 26.2. The van der Waals surface area contributed by atoms with Gasteiger partial charge in [-0.2, -0.15) is 0 Å². The molecule has 5 heteroatoms. The number of carbonyl (C=O) groups is 1. The van der Waals surface area contributed by atoms with Crippen LogP contribution in [0.25, 0.3) is 0 Å². The van der Waals surface area contributed by atoms with Gasteiger partial charge in [0.25, 0.3) is 5.91 Å². The smallest absolute Gasteiger partial charge is 0.255 e. The summed E-state index contributed by atoms with van der Waals surface area (Å²) in [7, 11) is 0. The number of benzene rings is 1. The maximum atomic E-state index is 12.8. The van der Waals surface area contributed by atoms with Crippen molar-refractivity contribution in [2.45, 2.75) is 37.8 Å². The zero-order valence-corrected chi connectivity index (χ0v) is 13.5. The molecule has 0 aromatic heterocycles. The monoisotopic (exact) mass is 357 g/mol.